The van der Waals surface area contributed by atoms with Crippen LogP contribution in [0.4, 0.5) is 5.95 Å². The van der Waals surface area contributed by atoms with Gasteiger partial charge >= 0.3 is 0 Å². The number of hydrogen-bond acceptors (Lipinski definition) is 4. The molecule has 0 unspecified atom stereocenters. The van der Waals surface area contributed by atoms with Crippen LogP contribution < -0.4 is 5.32 Å². The van der Waals surface area contributed by atoms with Gasteiger partial charge in [-0.25, -0.2) is 9.97 Å². The molecule has 4 nitrogen and oxygen atoms in total. The third kappa shape index (κ3) is 4.60. The zero-order chi connectivity index (χ0) is 10.2. The summed E-state index contributed by atoms with van der Waals surface area (Å²) in [6.07, 6.45) is 3.08. The number of halogens is 2. The van der Waals surface area contributed by atoms with Crippen molar-refractivity contribution in [3.63, 3.8) is 0 Å². The molecule has 0 amide bonds. The molecule has 0 bridgehead atoms. The Morgan fingerprint density at radius 1 is 1.29 bits per heavy atom. The Kier molecular flexibility index (Phi) is 5.59. The summed E-state index contributed by atoms with van der Waals surface area (Å²) in [5, 5.41) is 3.50. The van der Waals surface area contributed by atoms with Crippen molar-refractivity contribution in [1.82, 2.24) is 9.97 Å². The van der Waals surface area contributed by atoms with Crippen LogP contribution in [0.1, 0.15) is 0 Å². The second-order valence-electron chi connectivity index (χ2n) is 2.45. The van der Waals surface area contributed by atoms with E-state index in [1.54, 1.807) is 0 Å². The lowest BCUT2D eigenvalue weighted by Crippen LogP contribution is -2.12. The largest absolute Gasteiger partial charge is 0.378 e. The van der Waals surface area contributed by atoms with Crippen molar-refractivity contribution in [2.75, 3.05) is 31.0 Å². The van der Waals surface area contributed by atoms with Gasteiger partial charge in [0.15, 0.2) is 0 Å². The summed E-state index contributed by atoms with van der Waals surface area (Å²) >= 11 is 11.1. The van der Waals surface area contributed by atoms with Gasteiger partial charge in [-0.1, -0.05) is 11.6 Å². The maximum atomic E-state index is 5.62. The van der Waals surface area contributed by atoms with Crippen molar-refractivity contribution in [2.24, 2.45) is 0 Å². The van der Waals surface area contributed by atoms with Gasteiger partial charge in [-0.2, -0.15) is 0 Å². The van der Waals surface area contributed by atoms with Gasteiger partial charge in [0, 0.05) is 12.4 Å². The number of anilines is 1. The van der Waals surface area contributed by atoms with Gasteiger partial charge in [-0.3, -0.25) is 0 Å². The molecule has 1 aromatic heterocycles. The topological polar surface area (TPSA) is 47.0 Å². The second kappa shape index (κ2) is 6.81. The fourth-order valence-corrected chi connectivity index (χ4v) is 1.00. The zero-order valence-corrected chi connectivity index (χ0v) is 9.05. The van der Waals surface area contributed by atoms with Crippen LogP contribution in [0, 0.1) is 0 Å². The molecule has 0 aliphatic heterocycles. The molecule has 0 atom stereocenters. The summed E-state index contributed by atoms with van der Waals surface area (Å²) in [4.78, 5) is 7.92. The number of ether oxygens (including phenoxy) is 1. The SMILES string of the molecule is ClCCOCCNc1ncc(Cl)cn1. The molecule has 1 aromatic rings. The van der Waals surface area contributed by atoms with Crippen LogP contribution in [0.25, 0.3) is 0 Å². The van der Waals surface area contributed by atoms with Crippen LogP contribution in [0.2, 0.25) is 5.02 Å². The van der Waals surface area contributed by atoms with Crippen LogP contribution in [0.3, 0.4) is 0 Å². The zero-order valence-electron chi connectivity index (χ0n) is 7.54. The average Bonchev–Trinajstić information content (AvgIpc) is 2.21. The van der Waals surface area contributed by atoms with Crippen molar-refractivity contribution in [3.05, 3.63) is 17.4 Å². The predicted octanol–water partition coefficient (Wildman–Crippen LogP) is 1.80. The Hall–Kier alpha value is -0.580. The average molecular weight is 236 g/mol. The summed E-state index contributed by atoms with van der Waals surface area (Å²) in [6, 6.07) is 0. The lowest BCUT2D eigenvalue weighted by molar-refractivity contribution is 0.160. The van der Waals surface area contributed by atoms with E-state index >= 15 is 0 Å². The smallest absolute Gasteiger partial charge is 0.222 e. The Bertz CT molecular complexity index is 255. The highest BCUT2D eigenvalue weighted by atomic mass is 35.5. The van der Waals surface area contributed by atoms with Gasteiger partial charge < -0.3 is 10.1 Å². The van der Waals surface area contributed by atoms with Crippen molar-refractivity contribution in [2.45, 2.75) is 0 Å². The molecule has 0 aliphatic rings. The summed E-state index contributed by atoms with van der Waals surface area (Å²) in [6.45, 7) is 1.79. The van der Waals surface area contributed by atoms with E-state index in [9.17, 15) is 0 Å². The number of nitrogens with zero attached hydrogens (tertiary/aromatic N) is 2. The molecule has 0 saturated heterocycles. The highest BCUT2D eigenvalue weighted by Gasteiger charge is 1.94. The third-order valence-corrected chi connectivity index (χ3v) is 1.72. The van der Waals surface area contributed by atoms with E-state index in [4.69, 9.17) is 27.9 Å². The molecule has 0 spiro atoms. The molecule has 0 saturated carbocycles. The molecule has 14 heavy (non-hydrogen) atoms. The fourth-order valence-electron chi connectivity index (χ4n) is 0.795. The van der Waals surface area contributed by atoms with Crippen LogP contribution in [-0.2, 0) is 4.74 Å². The van der Waals surface area contributed by atoms with Crippen LogP contribution in [-0.4, -0.2) is 35.6 Å². The molecule has 1 heterocycles. The number of hydrogen-bond donors (Lipinski definition) is 1. The van der Waals surface area contributed by atoms with Gasteiger partial charge in [0.1, 0.15) is 0 Å². The Morgan fingerprint density at radius 3 is 2.64 bits per heavy atom. The van der Waals surface area contributed by atoms with Crippen LogP contribution in [0.15, 0.2) is 12.4 Å². The van der Waals surface area contributed by atoms with Gasteiger partial charge in [-0.05, 0) is 0 Å². The Labute approximate surface area is 92.6 Å². The van der Waals surface area contributed by atoms with Gasteiger partial charge in [0.2, 0.25) is 5.95 Å². The Morgan fingerprint density at radius 2 is 2.00 bits per heavy atom. The third-order valence-electron chi connectivity index (χ3n) is 1.37. The van der Waals surface area contributed by atoms with Crippen LogP contribution in [0.5, 0.6) is 0 Å². The van der Waals surface area contributed by atoms with E-state index in [1.807, 2.05) is 0 Å². The first-order chi connectivity index (χ1) is 6.83. The van der Waals surface area contributed by atoms with E-state index < -0.39 is 0 Å². The summed E-state index contributed by atoms with van der Waals surface area (Å²) in [7, 11) is 0. The number of nitrogens with one attached hydrogen (secondary N) is 1. The maximum absolute atomic E-state index is 5.62. The molecule has 0 aromatic carbocycles. The molecule has 0 fully saturated rings. The van der Waals surface area contributed by atoms with Crippen molar-refractivity contribution in [3.8, 4) is 0 Å². The standard InChI is InChI=1S/C8H11Cl2N3O/c9-1-3-14-4-2-11-8-12-5-7(10)6-13-8/h5-6H,1-4H2,(H,11,12,13). The Balaban J connectivity index is 2.15. The summed E-state index contributed by atoms with van der Waals surface area (Å²) in [5.74, 6) is 1.06. The molecular formula is C8H11Cl2N3O. The number of alkyl halides is 1. The summed E-state index contributed by atoms with van der Waals surface area (Å²) < 4.78 is 5.15. The quantitative estimate of drug-likeness (QED) is 0.604. The molecule has 1 N–H and O–H groups in total. The van der Waals surface area contributed by atoms with Gasteiger partial charge in [0.25, 0.3) is 0 Å². The normalized spacial score (nSPS) is 10.1. The minimum absolute atomic E-state index is 0.511. The highest BCUT2D eigenvalue weighted by Crippen LogP contribution is 2.04. The summed E-state index contributed by atoms with van der Waals surface area (Å²) in [5.41, 5.74) is 0. The predicted molar refractivity (Wildman–Crippen MR) is 57.1 cm³/mol. The first-order valence-corrected chi connectivity index (χ1v) is 5.09. The van der Waals surface area contributed by atoms with E-state index in [2.05, 4.69) is 15.3 Å². The van der Waals surface area contributed by atoms with E-state index in [0.29, 0.717) is 36.6 Å². The molecule has 0 aliphatic carbocycles. The lowest BCUT2D eigenvalue weighted by Gasteiger charge is -2.04. The molecule has 78 valence electrons. The molecule has 6 heteroatoms. The molecule has 0 radical (unpaired) electrons. The van der Waals surface area contributed by atoms with E-state index in [0.717, 1.165) is 0 Å². The first-order valence-electron chi connectivity index (χ1n) is 4.18. The van der Waals surface area contributed by atoms with E-state index in [1.165, 1.54) is 12.4 Å². The van der Waals surface area contributed by atoms with Crippen molar-refractivity contribution in [1.29, 1.82) is 0 Å². The number of aromatic nitrogens is 2. The van der Waals surface area contributed by atoms with Gasteiger partial charge in [0.05, 0.1) is 30.6 Å². The van der Waals surface area contributed by atoms with Gasteiger partial charge in [-0.15, -0.1) is 11.6 Å². The first kappa shape index (κ1) is 11.5. The fraction of sp³-hybridized carbons (Fsp3) is 0.500. The van der Waals surface area contributed by atoms with Crippen molar-refractivity contribution >= 4 is 29.2 Å². The van der Waals surface area contributed by atoms with Crippen molar-refractivity contribution < 1.29 is 4.74 Å². The maximum Gasteiger partial charge on any atom is 0.222 e. The minimum Gasteiger partial charge on any atom is -0.378 e. The van der Waals surface area contributed by atoms with Crippen LogP contribution >= 0.6 is 23.2 Å². The molecular weight excluding hydrogens is 225 g/mol. The second-order valence-corrected chi connectivity index (χ2v) is 3.27. The highest BCUT2D eigenvalue weighted by molar-refractivity contribution is 6.30. The molecule has 1 rings (SSSR count). The number of rotatable bonds is 6. The monoisotopic (exact) mass is 235 g/mol. The minimum atomic E-state index is 0.511. The van der Waals surface area contributed by atoms with E-state index in [-0.39, 0.29) is 0 Å². The lowest BCUT2D eigenvalue weighted by atomic mass is 10.6.